The number of ether oxygens (including phenoxy) is 2. The van der Waals surface area contributed by atoms with Crippen molar-refractivity contribution in [3.63, 3.8) is 0 Å². The van der Waals surface area contributed by atoms with Crippen LogP contribution in [0.5, 0.6) is 0 Å². The van der Waals surface area contributed by atoms with Crippen molar-refractivity contribution in [2.75, 3.05) is 14.2 Å². The molecule has 0 aromatic heterocycles. The lowest BCUT2D eigenvalue weighted by atomic mass is 9.84. The number of hydrogen-bond acceptors (Lipinski definition) is 3. The molecule has 0 aromatic carbocycles. The molecule has 0 aromatic rings. The van der Waals surface area contributed by atoms with Crippen LogP contribution in [-0.4, -0.2) is 26.3 Å². The molecule has 0 fully saturated rings. The van der Waals surface area contributed by atoms with Gasteiger partial charge in [-0.15, -0.1) is 0 Å². The van der Waals surface area contributed by atoms with E-state index < -0.39 is 0 Å². The first-order valence-electron chi connectivity index (χ1n) is 7.99. The number of hydrogen-bond donors (Lipinski definition) is 0. The molecular formula is C18H32O3. The first-order chi connectivity index (χ1) is 10.1. The van der Waals surface area contributed by atoms with Gasteiger partial charge in [0.05, 0.1) is 19.6 Å². The Morgan fingerprint density at radius 2 is 1.81 bits per heavy atom. The molecule has 0 aliphatic carbocycles. The van der Waals surface area contributed by atoms with Crippen LogP contribution >= 0.6 is 0 Å². The lowest BCUT2D eigenvalue weighted by Gasteiger charge is -2.21. The van der Waals surface area contributed by atoms with E-state index in [1.165, 1.54) is 26.4 Å². The lowest BCUT2D eigenvalue weighted by Crippen LogP contribution is -2.17. The summed E-state index contributed by atoms with van der Waals surface area (Å²) >= 11 is 0. The number of allylic oxidation sites excluding steroid dienone is 3. The molecule has 3 atom stereocenters. The molecule has 0 heterocycles. The summed E-state index contributed by atoms with van der Waals surface area (Å²) in [6.45, 7) is 6.22. The van der Waals surface area contributed by atoms with Gasteiger partial charge in [0.1, 0.15) is 0 Å². The van der Waals surface area contributed by atoms with Crippen LogP contribution in [0.1, 0.15) is 52.9 Å². The number of rotatable bonds is 11. The van der Waals surface area contributed by atoms with E-state index >= 15 is 0 Å². The molecule has 0 spiro atoms. The second-order valence-corrected chi connectivity index (χ2v) is 5.46. The summed E-state index contributed by atoms with van der Waals surface area (Å²) in [4.78, 5) is 11.6. The molecule has 122 valence electrons. The number of carbonyl (C=O) groups excluding carboxylic acids is 1. The Morgan fingerprint density at radius 3 is 2.33 bits per heavy atom. The molecular weight excluding hydrogens is 264 g/mol. The number of carbonyl (C=O) groups is 1. The van der Waals surface area contributed by atoms with Gasteiger partial charge in [-0.05, 0) is 32.1 Å². The quantitative estimate of drug-likeness (QED) is 0.319. The van der Waals surface area contributed by atoms with Crippen molar-refractivity contribution in [2.45, 2.75) is 59.0 Å². The minimum atomic E-state index is -0.146. The molecule has 0 radical (unpaired) electrons. The third-order valence-corrected chi connectivity index (χ3v) is 3.76. The summed E-state index contributed by atoms with van der Waals surface area (Å²) in [5.74, 6) is 0.399. The first-order valence-corrected chi connectivity index (χ1v) is 7.99. The Bertz CT molecular complexity index is 320. The maximum Gasteiger partial charge on any atom is 0.306 e. The number of unbranched alkanes of at least 4 members (excludes halogenated alkanes) is 2. The summed E-state index contributed by atoms with van der Waals surface area (Å²) in [6, 6.07) is 0. The zero-order chi connectivity index (χ0) is 16.1. The Morgan fingerprint density at radius 1 is 1.10 bits per heavy atom. The van der Waals surface area contributed by atoms with Crippen LogP contribution in [0.25, 0.3) is 0 Å². The fraction of sp³-hybridized carbons (Fsp3) is 0.722. The molecule has 0 amide bonds. The van der Waals surface area contributed by atoms with Gasteiger partial charge in [-0.1, -0.05) is 50.5 Å². The van der Waals surface area contributed by atoms with E-state index in [0.717, 1.165) is 6.42 Å². The van der Waals surface area contributed by atoms with Gasteiger partial charge in [0.2, 0.25) is 0 Å². The van der Waals surface area contributed by atoms with E-state index in [1.807, 2.05) is 19.9 Å². The molecule has 0 saturated heterocycles. The SMILES string of the molecule is C/C=C/C(CC(=O)OC)C(/C=C/C(C)OC)CCCCC. The minimum absolute atomic E-state index is 0.100. The van der Waals surface area contributed by atoms with E-state index in [2.05, 4.69) is 25.2 Å². The highest BCUT2D eigenvalue weighted by Crippen LogP contribution is 2.26. The highest BCUT2D eigenvalue weighted by Gasteiger charge is 2.20. The van der Waals surface area contributed by atoms with Gasteiger partial charge in [-0.25, -0.2) is 0 Å². The maximum atomic E-state index is 11.6. The van der Waals surface area contributed by atoms with Gasteiger partial charge >= 0.3 is 5.97 Å². The molecule has 0 aliphatic rings. The van der Waals surface area contributed by atoms with E-state index in [9.17, 15) is 4.79 Å². The number of methoxy groups -OCH3 is 2. The molecule has 3 heteroatoms. The van der Waals surface area contributed by atoms with Crippen molar-refractivity contribution >= 4 is 5.97 Å². The van der Waals surface area contributed by atoms with Gasteiger partial charge in [0.25, 0.3) is 0 Å². The third kappa shape index (κ3) is 9.46. The molecule has 21 heavy (non-hydrogen) atoms. The second-order valence-electron chi connectivity index (χ2n) is 5.46. The molecule has 0 rings (SSSR count). The predicted molar refractivity (Wildman–Crippen MR) is 88.2 cm³/mol. The standard InChI is InChI=1S/C18H32O3/c1-6-8-9-11-16(13-12-15(3)20-4)17(10-7-2)14-18(19)21-5/h7,10,12-13,15-17H,6,8-9,11,14H2,1-5H3/b10-7+,13-12+. The van der Waals surface area contributed by atoms with Crippen molar-refractivity contribution in [1.29, 1.82) is 0 Å². The van der Waals surface area contributed by atoms with Gasteiger partial charge in [-0.3, -0.25) is 4.79 Å². The molecule has 0 aliphatic heterocycles. The highest BCUT2D eigenvalue weighted by molar-refractivity contribution is 5.69. The fourth-order valence-electron chi connectivity index (χ4n) is 2.35. The van der Waals surface area contributed by atoms with Gasteiger partial charge < -0.3 is 9.47 Å². The van der Waals surface area contributed by atoms with E-state index in [4.69, 9.17) is 9.47 Å². The first kappa shape index (κ1) is 19.9. The lowest BCUT2D eigenvalue weighted by molar-refractivity contribution is -0.141. The summed E-state index contributed by atoms with van der Waals surface area (Å²) in [6.07, 6.45) is 13.7. The van der Waals surface area contributed by atoms with E-state index in [-0.39, 0.29) is 18.0 Å². The number of esters is 1. The minimum Gasteiger partial charge on any atom is -0.469 e. The van der Waals surface area contributed by atoms with Crippen molar-refractivity contribution in [2.24, 2.45) is 11.8 Å². The van der Waals surface area contributed by atoms with Crippen molar-refractivity contribution in [1.82, 2.24) is 0 Å². The van der Waals surface area contributed by atoms with Crippen molar-refractivity contribution in [3.8, 4) is 0 Å². The molecule has 0 saturated carbocycles. The normalized spacial score (nSPS) is 16.2. The van der Waals surface area contributed by atoms with Crippen LogP contribution in [0.15, 0.2) is 24.3 Å². The zero-order valence-corrected chi connectivity index (χ0v) is 14.3. The molecule has 3 nitrogen and oxygen atoms in total. The summed E-state index contributed by atoms with van der Waals surface area (Å²) in [5, 5.41) is 0. The van der Waals surface area contributed by atoms with Crippen molar-refractivity contribution in [3.05, 3.63) is 24.3 Å². The van der Waals surface area contributed by atoms with Crippen LogP contribution in [-0.2, 0) is 14.3 Å². The van der Waals surface area contributed by atoms with Crippen molar-refractivity contribution < 1.29 is 14.3 Å². The van der Waals surface area contributed by atoms with Crippen LogP contribution in [0.4, 0.5) is 0 Å². The largest absolute Gasteiger partial charge is 0.469 e. The fourth-order valence-corrected chi connectivity index (χ4v) is 2.35. The van der Waals surface area contributed by atoms with Crippen LogP contribution in [0.3, 0.4) is 0 Å². The Kier molecular flexibility index (Phi) is 12.0. The Labute approximate surface area is 130 Å². The summed E-state index contributed by atoms with van der Waals surface area (Å²) in [7, 11) is 3.16. The van der Waals surface area contributed by atoms with E-state index in [1.54, 1.807) is 7.11 Å². The average Bonchev–Trinajstić information content (AvgIpc) is 2.49. The molecule has 0 N–H and O–H groups in total. The third-order valence-electron chi connectivity index (χ3n) is 3.76. The Balaban J connectivity index is 4.89. The maximum absolute atomic E-state index is 11.6. The van der Waals surface area contributed by atoms with Crippen LogP contribution in [0, 0.1) is 11.8 Å². The van der Waals surface area contributed by atoms with Gasteiger partial charge in [0.15, 0.2) is 0 Å². The second kappa shape index (κ2) is 12.6. The van der Waals surface area contributed by atoms with Crippen LogP contribution in [0.2, 0.25) is 0 Å². The Hall–Kier alpha value is -1.09. The summed E-state index contributed by atoms with van der Waals surface area (Å²) < 4.78 is 10.1. The smallest absolute Gasteiger partial charge is 0.306 e. The van der Waals surface area contributed by atoms with Gasteiger partial charge in [0, 0.05) is 7.11 Å². The summed E-state index contributed by atoms with van der Waals surface area (Å²) in [5.41, 5.74) is 0. The molecule has 3 unspecified atom stereocenters. The van der Waals surface area contributed by atoms with E-state index in [0.29, 0.717) is 12.3 Å². The zero-order valence-electron chi connectivity index (χ0n) is 14.3. The predicted octanol–water partition coefficient (Wildman–Crippen LogP) is 4.53. The monoisotopic (exact) mass is 296 g/mol. The highest BCUT2D eigenvalue weighted by atomic mass is 16.5. The molecule has 0 bridgehead atoms. The average molecular weight is 296 g/mol. The van der Waals surface area contributed by atoms with Crippen LogP contribution < -0.4 is 0 Å². The topological polar surface area (TPSA) is 35.5 Å². The van der Waals surface area contributed by atoms with Gasteiger partial charge in [-0.2, -0.15) is 0 Å².